The Morgan fingerprint density at radius 2 is 1.95 bits per heavy atom. The molecule has 1 amide bonds. The molecule has 6 heteroatoms. The molecule has 0 saturated heterocycles. The van der Waals surface area contributed by atoms with Gasteiger partial charge in [-0.25, -0.2) is 0 Å². The summed E-state index contributed by atoms with van der Waals surface area (Å²) in [7, 11) is 1.57. The Bertz CT molecular complexity index is 664. The van der Waals surface area contributed by atoms with Gasteiger partial charge in [0.05, 0.1) is 28.6 Å². The molecule has 0 aromatic heterocycles. The van der Waals surface area contributed by atoms with E-state index in [4.69, 9.17) is 27.9 Å². The fourth-order valence-electron chi connectivity index (χ4n) is 1.85. The molecular weight excluding hydrogens is 341 g/mol. The van der Waals surface area contributed by atoms with Gasteiger partial charge in [-0.05, 0) is 23.8 Å². The largest absolute Gasteiger partial charge is 0.495 e. The van der Waals surface area contributed by atoms with E-state index in [0.717, 1.165) is 5.56 Å². The summed E-state index contributed by atoms with van der Waals surface area (Å²) >= 11 is 13.6. The lowest BCUT2D eigenvalue weighted by molar-refractivity contribution is -0.113. The van der Waals surface area contributed by atoms with Gasteiger partial charge in [0.25, 0.3) is 0 Å². The predicted molar refractivity (Wildman–Crippen MR) is 94.2 cm³/mol. The van der Waals surface area contributed by atoms with E-state index >= 15 is 0 Å². The number of thioether (sulfide) groups is 1. The van der Waals surface area contributed by atoms with Crippen molar-refractivity contribution in [3.8, 4) is 5.75 Å². The van der Waals surface area contributed by atoms with Crippen molar-refractivity contribution in [2.24, 2.45) is 0 Å². The summed E-state index contributed by atoms with van der Waals surface area (Å²) in [6, 6.07) is 12.8. The minimum absolute atomic E-state index is 0.0901. The van der Waals surface area contributed by atoms with Crippen molar-refractivity contribution in [3.63, 3.8) is 0 Å². The summed E-state index contributed by atoms with van der Waals surface area (Å²) in [5.74, 6) is 1.49. The lowest BCUT2D eigenvalue weighted by Gasteiger charge is -2.10. The molecule has 116 valence electrons. The van der Waals surface area contributed by atoms with Crippen LogP contribution in [0.25, 0.3) is 0 Å². The van der Waals surface area contributed by atoms with E-state index in [-0.39, 0.29) is 5.91 Å². The molecule has 1 N–H and O–H groups in total. The smallest absolute Gasteiger partial charge is 0.234 e. The van der Waals surface area contributed by atoms with Crippen LogP contribution in [0, 0.1) is 0 Å². The Morgan fingerprint density at radius 3 is 2.73 bits per heavy atom. The van der Waals surface area contributed by atoms with Crippen molar-refractivity contribution in [3.05, 3.63) is 58.1 Å². The van der Waals surface area contributed by atoms with Crippen molar-refractivity contribution in [1.29, 1.82) is 0 Å². The summed E-state index contributed by atoms with van der Waals surface area (Å²) in [6.07, 6.45) is 0. The summed E-state index contributed by atoms with van der Waals surface area (Å²) in [6.45, 7) is 0. The molecule has 2 rings (SSSR count). The molecule has 0 spiro atoms. The molecule has 0 aliphatic carbocycles. The lowest BCUT2D eigenvalue weighted by Crippen LogP contribution is -2.14. The molecule has 22 heavy (non-hydrogen) atoms. The van der Waals surface area contributed by atoms with Crippen LogP contribution in [0.1, 0.15) is 5.56 Å². The van der Waals surface area contributed by atoms with Gasteiger partial charge in [0.2, 0.25) is 5.91 Å². The number of nitrogens with one attached hydrogen (secondary N) is 1. The van der Waals surface area contributed by atoms with Gasteiger partial charge in [0, 0.05) is 5.75 Å². The number of hydrogen-bond donors (Lipinski definition) is 1. The van der Waals surface area contributed by atoms with Crippen LogP contribution < -0.4 is 10.1 Å². The Kier molecular flexibility index (Phi) is 6.43. The minimum atomic E-state index is -0.0901. The molecule has 2 aromatic rings. The molecule has 0 unspecified atom stereocenters. The Hall–Kier alpha value is -1.36. The van der Waals surface area contributed by atoms with Gasteiger partial charge in [0.1, 0.15) is 5.75 Å². The monoisotopic (exact) mass is 355 g/mol. The van der Waals surface area contributed by atoms with E-state index in [2.05, 4.69) is 5.32 Å². The van der Waals surface area contributed by atoms with Crippen LogP contribution in [0.15, 0.2) is 42.5 Å². The first-order valence-electron chi connectivity index (χ1n) is 6.55. The minimum Gasteiger partial charge on any atom is -0.495 e. The van der Waals surface area contributed by atoms with Gasteiger partial charge in [-0.1, -0.05) is 47.5 Å². The van der Waals surface area contributed by atoms with Crippen LogP contribution in [-0.2, 0) is 10.5 Å². The summed E-state index contributed by atoms with van der Waals surface area (Å²) in [5, 5.41) is 3.90. The fraction of sp³-hybridized carbons (Fsp3) is 0.188. The van der Waals surface area contributed by atoms with Gasteiger partial charge < -0.3 is 10.1 Å². The second kappa shape index (κ2) is 8.32. The number of methoxy groups -OCH3 is 1. The fourth-order valence-corrected chi connectivity index (χ4v) is 3.13. The van der Waals surface area contributed by atoms with Gasteiger partial charge in [-0.2, -0.15) is 0 Å². The number of ether oxygens (including phenoxy) is 1. The SMILES string of the molecule is COc1ccccc1NC(=O)CSCc1cccc(Cl)c1Cl. The van der Waals surface area contributed by atoms with Crippen molar-refractivity contribution < 1.29 is 9.53 Å². The molecule has 0 aliphatic heterocycles. The third-order valence-electron chi connectivity index (χ3n) is 2.90. The van der Waals surface area contributed by atoms with E-state index < -0.39 is 0 Å². The summed E-state index contributed by atoms with van der Waals surface area (Å²) in [4.78, 5) is 12.0. The Balaban J connectivity index is 1.87. The molecule has 0 aliphatic rings. The topological polar surface area (TPSA) is 38.3 Å². The second-order valence-electron chi connectivity index (χ2n) is 4.45. The zero-order valence-corrected chi connectivity index (χ0v) is 14.3. The van der Waals surface area contributed by atoms with E-state index in [0.29, 0.717) is 33.0 Å². The number of benzene rings is 2. The van der Waals surface area contributed by atoms with Gasteiger partial charge in [0.15, 0.2) is 0 Å². The Morgan fingerprint density at radius 1 is 1.18 bits per heavy atom. The maximum absolute atomic E-state index is 12.0. The molecule has 0 saturated carbocycles. The molecule has 2 aromatic carbocycles. The quantitative estimate of drug-likeness (QED) is 0.802. The molecule has 0 heterocycles. The van der Waals surface area contributed by atoms with Crippen molar-refractivity contribution in [2.45, 2.75) is 5.75 Å². The highest BCUT2D eigenvalue weighted by Crippen LogP contribution is 2.28. The van der Waals surface area contributed by atoms with Gasteiger partial charge >= 0.3 is 0 Å². The van der Waals surface area contributed by atoms with Crippen molar-refractivity contribution in [1.82, 2.24) is 0 Å². The molecule has 0 radical (unpaired) electrons. The van der Waals surface area contributed by atoms with E-state index in [1.54, 1.807) is 25.3 Å². The number of carbonyl (C=O) groups is 1. The number of halogens is 2. The molecule has 0 bridgehead atoms. The summed E-state index contributed by atoms with van der Waals surface area (Å²) in [5.41, 5.74) is 1.58. The lowest BCUT2D eigenvalue weighted by atomic mass is 10.2. The third-order valence-corrected chi connectivity index (χ3v) is 4.74. The third kappa shape index (κ3) is 4.57. The van der Waals surface area contributed by atoms with Crippen molar-refractivity contribution in [2.75, 3.05) is 18.2 Å². The molecule has 0 fully saturated rings. The van der Waals surface area contributed by atoms with E-state index in [9.17, 15) is 4.79 Å². The average Bonchev–Trinajstić information content (AvgIpc) is 2.52. The van der Waals surface area contributed by atoms with E-state index in [1.807, 2.05) is 24.3 Å². The normalized spacial score (nSPS) is 10.3. The highest BCUT2D eigenvalue weighted by atomic mass is 35.5. The first-order chi connectivity index (χ1) is 10.6. The van der Waals surface area contributed by atoms with Gasteiger partial charge in [-0.15, -0.1) is 11.8 Å². The highest BCUT2D eigenvalue weighted by molar-refractivity contribution is 7.99. The molecule has 0 atom stereocenters. The predicted octanol–water partition coefficient (Wildman–Crippen LogP) is 4.87. The zero-order valence-electron chi connectivity index (χ0n) is 11.9. The first-order valence-corrected chi connectivity index (χ1v) is 8.46. The van der Waals surface area contributed by atoms with E-state index in [1.165, 1.54) is 11.8 Å². The number of anilines is 1. The van der Waals surface area contributed by atoms with Gasteiger partial charge in [-0.3, -0.25) is 4.79 Å². The van der Waals surface area contributed by atoms with Crippen LogP contribution in [0.2, 0.25) is 10.0 Å². The van der Waals surface area contributed by atoms with Crippen LogP contribution in [0.4, 0.5) is 5.69 Å². The van der Waals surface area contributed by atoms with Crippen LogP contribution in [0.5, 0.6) is 5.75 Å². The zero-order chi connectivity index (χ0) is 15.9. The van der Waals surface area contributed by atoms with Crippen LogP contribution in [-0.4, -0.2) is 18.8 Å². The number of carbonyl (C=O) groups excluding carboxylic acids is 1. The first kappa shape index (κ1) is 17.0. The standard InChI is InChI=1S/C16H15Cl2NO2S/c1-21-14-8-3-2-7-13(14)19-15(20)10-22-9-11-5-4-6-12(17)16(11)18/h2-8H,9-10H2,1H3,(H,19,20). The van der Waals surface area contributed by atoms with Crippen molar-refractivity contribution >= 4 is 46.6 Å². The maximum Gasteiger partial charge on any atom is 0.234 e. The maximum atomic E-state index is 12.0. The average molecular weight is 356 g/mol. The number of rotatable bonds is 6. The number of amides is 1. The summed E-state index contributed by atoms with van der Waals surface area (Å²) < 4.78 is 5.20. The molecule has 3 nitrogen and oxygen atoms in total. The Labute approximate surface area is 144 Å². The van der Waals surface area contributed by atoms with Crippen LogP contribution in [0.3, 0.4) is 0 Å². The highest BCUT2D eigenvalue weighted by Gasteiger charge is 2.09. The molecular formula is C16H15Cl2NO2S. The van der Waals surface area contributed by atoms with Crippen LogP contribution >= 0.6 is 35.0 Å². The number of para-hydroxylation sites is 2. The second-order valence-corrected chi connectivity index (χ2v) is 6.22. The number of hydrogen-bond acceptors (Lipinski definition) is 3.